The van der Waals surface area contributed by atoms with Crippen molar-refractivity contribution >= 4 is 5.78 Å². The lowest BCUT2D eigenvalue weighted by molar-refractivity contribution is -0.122. The fraction of sp³-hybridized carbons (Fsp3) is 0.917. The summed E-state index contributed by atoms with van der Waals surface area (Å²) in [7, 11) is 0. The highest BCUT2D eigenvalue weighted by atomic mass is 16.1. The highest BCUT2D eigenvalue weighted by Gasteiger charge is 2.23. The highest BCUT2D eigenvalue weighted by Crippen LogP contribution is 2.31. The van der Waals surface area contributed by atoms with Crippen molar-refractivity contribution in [3.63, 3.8) is 0 Å². The highest BCUT2D eigenvalue weighted by molar-refractivity contribution is 5.78. The van der Waals surface area contributed by atoms with E-state index in [4.69, 9.17) is 0 Å². The maximum atomic E-state index is 11.3. The van der Waals surface area contributed by atoms with Crippen LogP contribution in [0.5, 0.6) is 0 Å². The molecule has 0 aliphatic rings. The van der Waals surface area contributed by atoms with E-state index in [9.17, 15) is 4.79 Å². The van der Waals surface area contributed by atoms with Crippen molar-refractivity contribution in [1.82, 2.24) is 0 Å². The van der Waals surface area contributed by atoms with Gasteiger partial charge in [-0.3, -0.25) is 4.79 Å². The molecule has 0 aromatic carbocycles. The zero-order valence-electron chi connectivity index (χ0n) is 9.81. The first kappa shape index (κ1) is 12.7. The lowest BCUT2D eigenvalue weighted by Crippen LogP contribution is -2.21. The first-order valence-electron chi connectivity index (χ1n) is 5.43. The summed E-state index contributed by atoms with van der Waals surface area (Å²) in [6.07, 6.45) is 4.37. The Morgan fingerprint density at radius 2 is 1.85 bits per heavy atom. The average molecular weight is 184 g/mol. The van der Waals surface area contributed by atoms with E-state index < -0.39 is 0 Å². The van der Waals surface area contributed by atoms with Crippen LogP contribution in [-0.4, -0.2) is 5.78 Å². The smallest absolute Gasteiger partial charge is 0.132 e. The zero-order valence-corrected chi connectivity index (χ0v) is 9.81. The Kier molecular flexibility index (Phi) is 5.27. The minimum atomic E-state index is 0.292. The standard InChI is InChI=1S/C12H24O/c1-6-8-11(10(3)13)9-12(4,5)7-2/h11H,6-9H2,1-5H3. The van der Waals surface area contributed by atoms with E-state index >= 15 is 0 Å². The largest absolute Gasteiger partial charge is 0.300 e. The Morgan fingerprint density at radius 1 is 1.31 bits per heavy atom. The fourth-order valence-corrected chi connectivity index (χ4v) is 1.61. The third-order valence-corrected chi connectivity index (χ3v) is 2.97. The van der Waals surface area contributed by atoms with Crippen LogP contribution in [0.1, 0.15) is 60.3 Å². The van der Waals surface area contributed by atoms with E-state index in [1.165, 1.54) is 0 Å². The molecule has 1 unspecified atom stereocenters. The van der Waals surface area contributed by atoms with Gasteiger partial charge in [-0.15, -0.1) is 0 Å². The molecule has 0 radical (unpaired) electrons. The normalized spacial score (nSPS) is 14.2. The molecular formula is C12H24O. The average Bonchev–Trinajstić information content (AvgIpc) is 2.03. The maximum absolute atomic E-state index is 11.3. The Bertz CT molecular complexity index is 159. The number of Topliss-reactive ketones (excluding diaryl/α,β-unsaturated/α-hetero) is 1. The van der Waals surface area contributed by atoms with Gasteiger partial charge in [0.15, 0.2) is 0 Å². The topological polar surface area (TPSA) is 17.1 Å². The summed E-state index contributed by atoms with van der Waals surface area (Å²) in [6.45, 7) is 10.6. The summed E-state index contributed by atoms with van der Waals surface area (Å²) < 4.78 is 0. The second-order valence-corrected chi connectivity index (χ2v) is 4.82. The monoisotopic (exact) mass is 184 g/mol. The predicted octanol–water partition coefficient (Wildman–Crippen LogP) is 3.82. The van der Waals surface area contributed by atoms with Gasteiger partial charge in [0.1, 0.15) is 5.78 Å². The van der Waals surface area contributed by atoms with Gasteiger partial charge in [0.2, 0.25) is 0 Å². The van der Waals surface area contributed by atoms with Crippen molar-refractivity contribution in [2.24, 2.45) is 11.3 Å². The molecule has 0 bridgehead atoms. The van der Waals surface area contributed by atoms with Gasteiger partial charge in [0.05, 0.1) is 0 Å². The van der Waals surface area contributed by atoms with Gasteiger partial charge in [0.25, 0.3) is 0 Å². The molecule has 0 aliphatic heterocycles. The van der Waals surface area contributed by atoms with Crippen LogP contribution in [0.4, 0.5) is 0 Å². The molecule has 0 saturated heterocycles. The van der Waals surface area contributed by atoms with Crippen LogP contribution in [0.3, 0.4) is 0 Å². The number of hydrogen-bond acceptors (Lipinski definition) is 1. The first-order valence-corrected chi connectivity index (χ1v) is 5.43. The van der Waals surface area contributed by atoms with Crippen LogP contribution in [0, 0.1) is 11.3 Å². The second-order valence-electron chi connectivity index (χ2n) is 4.82. The van der Waals surface area contributed by atoms with E-state index in [0.717, 1.165) is 25.7 Å². The lowest BCUT2D eigenvalue weighted by Gasteiger charge is -2.27. The Hall–Kier alpha value is -0.330. The van der Waals surface area contributed by atoms with Crippen molar-refractivity contribution in [3.05, 3.63) is 0 Å². The molecule has 0 aromatic rings. The molecule has 1 atom stereocenters. The lowest BCUT2D eigenvalue weighted by atomic mass is 9.78. The van der Waals surface area contributed by atoms with Crippen molar-refractivity contribution in [2.45, 2.75) is 60.3 Å². The molecule has 0 amide bonds. The molecule has 0 fully saturated rings. The molecule has 0 aliphatic carbocycles. The van der Waals surface area contributed by atoms with Crippen LogP contribution in [0.2, 0.25) is 0 Å². The van der Waals surface area contributed by atoms with Gasteiger partial charge in [-0.25, -0.2) is 0 Å². The number of hydrogen-bond donors (Lipinski definition) is 0. The summed E-state index contributed by atoms with van der Waals surface area (Å²) in [4.78, 5) is 11.3. The SMILES string of the molecule is CCCC(CC(C)(C)CC)C(C)=O. The third-order valence-electron chi connectivity index (χ3n) is 2.97. The number of carbonyl (C=O) groups is 1. The molecule has 0 rings (SSSR count). The van der Waals surface area contributed by atoms with Crippen molar-refractivity contribution in [1.29, 1.82) is 0 Å². The van der Waals surface area contributed by atoms with E-state index in [-0.39, 0.29) is 0 Å². The van der Waals surface area contributed by atoms with E-state index in [2.05, 4.69) is 27.7 Å². The molecule has 0 N–H and O–H groups in total. The quantitative estimate of drug-likeness (QED) is 0.613. The van der Waals surface area contributed by atoms with Gasteiger partial charge in [-0.1, -0.05) is 40.5 Å². The molecule has 0 saturated carbocycles. The third kappa shape index (κ3) is 5.07. The maximum Gasteiger partial charge on any atom is 0.132 e. The van der Waals surface area contributed by atoms with E-state index in [1.807, 2.05) is 0 Å². The van der Waals surface area contributed by atoms with Crippen molar-refractivity contribution in [3.8, 4) is 0 Å². The molecule has 0 heterocycles. The van der Waals surface area contributed by atoms with Gasteiger partial charge in [0, 0.05) is 5.92 Å². The van der Waals surface area contributed by atoms with Crippen molar-refractivity contribution < 1.29 is 4.79 Å². The van der Waals surface area contributed by atoms with E-state index in [1.54, 1.807) is 6.92 Å². The van der Waals surface area contributed by atoms with Gasteiger partial charge < -0.3 is 0 Å². The summed E-state index contributed by atoms with van der Waals surface area (Å²) in [5, 5.41) is 0. The molecule has 1 nitrogen and oxygen atoms in total. The molecular weight excluding hydrogens is 160 g/mol. The van der Waals surface area contributed by atoms with Crippen molar-refractivity contribution in [2.75, 3.05) is 0 Å². The van der Waals surface area contributed by atoms with Crippen LogP contribution in [0.15, 0.2) is 0 Å². The number of rotatable bonds is 6. The Balaban J connectivity index is 4.17. The number of carbonyl (C=O) groups excluding carboxylic acids is 1. The predicted molar refractivity (Wildman–Crippen MR) is 57.8 cm³/mol. The van der Waals surface area contributed by atoms with Gasteiger partial charge in [-0.2, -0.15) is 0 Å². The summed E-state index contributed by atoms with van der Waals surface area (Å²) in [5.74, 6) is 0.656. The minimum absolute atomic E-state index is 0.292. The Morgan fingerprint density at radius 3 is 2.15 bits per heavy atom. The summed E-state index contributed by atoms with van der Waals surface area (Å²) in [5.41, 5.74) is 0.325. The molecule has 1 heteroatoms. The van der Waals surface area contributed by atoms with Crippen LogP contribution in [0.25, 0.3) is 0 Å². The van der Waals surface area contributed by atoms with Crippen LogP contribution >= 0.6 is 0 Å². The Labute approximate surface area is 82.9 Å². The van der Waals surface area contributed by atoms with Gasteiger partial charge in [-0.05, 0) is 25.2 Å². The van der Waals surface area contributed by atoms with Crippen LogP contribution < -0.4 is 0 Å². The first-order chi connectivity index (χ1) is 5.93. The molecule has 13 heavy (non-hydrogen) atoms. The zero-order chi connectivity index (χ0) is 10.5. The number of ketones is 1. The second kappa shape index (κ2) is 5.41. The fourth-order valence-electron chi connectivity index (χ4n) is 1.61. The molecule has 0 spiro atoms. The molecule has 0 aromatic heterocycles. The summed E-state index contributed by atoms with van der Waals surface area (Å²) in [6, 6.07) is 0. The van der Waals surface area contributed by atoms with Gasteiger partial charge >= 0.3 is 0 Å². The van der Waals surface area contributed by atoms with E-state index in [0.29, 0.717) is 17.1 Å². The molecule has 78 valence electrons. The minimum Gasteiger partial charge on any atom is -0.300 e. The van der Waals surface area contributed by atoms with Crippen LogP contribution in [-0.2, 0) is 4.79 Å². The summed E-state index contributed by atoms with van der Waals surface area (Å²) >= 11 is 0.